The molecule has 1 fully saturated rings. The number of anilines is 2. The zero-order valence-corrected chi connectivity index (χ0v) is 15.0. The van der Waals surface area contributed by atoms with Crippen LogP contribution in [0.3, 0.4) is 0 Å². The lowest BCUT2D eigenvalue weighted by atomic mass is 10.1. The van der Waals surface area contributed by atoms with Crippen molar-refractivity contribution in [2.75, 3.05) is 11.9 Å². The lowest BCUT2D eigenvalue weighted by Crippen LogP contribution is -2.30. The summed E-state index contributed by atoms with van der Waals surface area (Å²) in [5.74, 6) is 1.49. The van der Waals surface area contributed by atoms with Crippen LogP contribution in [-0.2, 0) is 0 Å². The van der Waals surface area contributed by atoms with Gasteiger partial charge in [0.2, 0.25) is 0 Å². The van der Waals surface area contributed by atoms with Crippen molar-refractivity contribution < 1.29 is 4.79 Å². The molecule has 0 unspecified atom stereocenters. The first-order valence-corrected chi connectivity index (χ1v) is 8.94. The number of aryl methyl sites for hydroxylation is 1. The molecule has 0 spiro atoms. The summed E-state index contributed by atoms with van der Waals surface area (Å²) in [6.45, 7) is 2.73. The quantitative estimate of drug-likeness (QED) is 0.768. The number of carbonyl (C=O) groups excluding carboxylic acids is 1. The fourth-order valence-corrected chi connectivity index (χ4v) is 3.40. The summed E-state index contributed by atoms with van der Waals surface area (Å²) in [7, 11) is 0. The lowest BCUT2D eigenvalue weighted by molar-refractivity contribution is 0.0735. The van der Waals surface area contributed by atoms with Gasteiger partial charge in [-0.25, -0.2) is 9.97 Å². The van der Waals surface area contributed by atoms with E-state index in [-0.39, 0.29) is 11.9 Å². The van der Waals surface area contributed by atoms with Crippen LogP contribution in [0.5, 0.6) is 0 Å². The van der Waals surface area contributed by atoms with Gasteiger partial charge in [-0.1, -0.05) is 6.07 Å². The first kappa shape index (κ1) is 17.1. The number of aromatic nitrogens is 4. The Morgan fingerprint density at radius 1 is 1.15 bits per heavy atom. The van der Waals surface area contributed by atoms with Crippen LogP contribution in [0.25, 0.3) is 0 Å². The number of likely N-dealkylation sites (tertiary alicyclic amines) is 1. The van der Waals surface area contributed by atoms with Crippen molar-refractivity contribution >= 4 is 17.5 Å². The third-order valence-electron chi connectivity index (χ3n) is 4.77. The van der Waals surface area contributed by atoms with Gasteiger partial charge in [0.1, 0.15) is 11.6 Å². The number of amides is 1. The minimum absolute atomic E-state index is 0.0145. The molecule has 7 nitrogen and oxygen atoms in total. The highest BCUT2D eigenvalue weighted by Crippen LogP contribution is 2.34. The fraction of sp³-hybridized carbons (Fsp3) is 0.250. The molecule has 0 radical (unpaired) electrons. The number of hydrogen-bond donors (Lipinski definition) is 1. The summed E-state index contributed by atoms with van der Waals surface area (Å²) in [4.78, 5) is 23.5. The van der Waals surface area contributed by atoms with Crippen molar-refractivity contribution in [3.63, 3.8) is 0 Å². The van der Waals surface area contributed by atoms with E-state index in [0.717, 1.165) is 42.1 Å². The molecule has 0 aromatic carbocycles. The van der Waals surface area contributed by atoms with Crippen molar-refractivity contribution in [1.29, 1.82) is 0 Å². The topological polar surface area (TPSA) is 83.9 Å². The number of nitrogens with zero attached hydrogens (tertiary/aromatic N) is 5. The van der Waals surface area contributed by atoms with Crippen LogP contribution in [0.2, 0.25) is 0 Å². The summed E-state index contributed by atoms with van der Waals surface area (Å²) < 4.78 is 0. The van der Waals surface area contributed by atoms with E-state index in [9.17, 15) is 4.79 Å². The Labute approximate surface area is 157 Å². The highest BCUT2D eigenvalue weighted by atomic mass is 16.2. The number of nitrogens with one attached hydrogen (secondary N) is 1. The molecule has 1 aliphatic rings. The fourth-order valence-electron chi connectivity index (χ4n) is 3.40. The maximum absolute atomic E-state index is 12.9. The molecule has 1 saturated heterocycles. The average molecular weight is 360 g/mol. The Morgan fingerprint density at radius 3 is 2.89 bits per heavy atom. The minimum Gasteiger partial charge on any atom is -0.332 e. The number of carbonyl (C=O) groups is 1. The van der Waals surface area contributed by atoms with Crippen LogP contribution in [0.4, 0.5) is 11.6 Å². The molecular weight excluding hydrogens is 340 g/mol. The van der Waals surface area contributed by atoms with Crippen molar-refractivity contribution in [1.82, 2.24) is 25.1 Å². The van der Waals surface area contributed by atoms with Crippen LogP contribution >= 0.6 is 0 Å². The van der Waals surface area contributed by atoms with Gasteiger partial charge >= 0.3 is 0 Å². The predicted octanol–water partition coefficient (Wildman–Crippen LogP) is 3.30. The molecule has 1 N–H and O–H groups in total. The van der Waals surface area contributed by atoms with Gasteiger partial charge in [-0.15, -0.1) is 0 Å². The zero-order chi connectivity index (χ0) is 18.6. The minimum atomic E-state index is -0.0145. The van der Waals surface area contributed by atoms with Gasteiger partial charge in [0, 0.05) is 18.9 Å². The molecule has 3 aromatic rings. The van der Waals surface area contributed by atoms with Gasteiger partial charge < -0.3 is 10.2 Å². The second-order valence-corrected chi connectivity index (χ2v) is 6.56. The van der Waals surface area contributed by atoms with Crippen LogP contribution in [0.15, 0.2) is 55.1 Å². The van der Waals surface area contributed by atoms with E-state index in [1.807, 2.05) is 36.1 Å². The molecule has 0 bridgehead atoms. The third kappa shape index (κ3) is 3.62. The van der Waals surface area contributed by atoms with E-state index < -0.39 is 0 Å². The smallest absolute Gasteiger partial charge is 0.256 e. The maximum atomic E-state index is 12.9. The second kappa shape index (κ2) is 7.49. The molecule has 1 aliphatic heterocycles. The summed E-state index contributed by atoms with van der Waals surface area (Å²) in [5, 5.41) is 10.8. The number of hydrogen-bond acceptors (Lipinski definition) is 6. The first-order chi connectivity index (χ1) is 13.2. The van der Waals surface area contributed by atoms with E-state index in [1.165, 1.54) is 6.20 Å². The predicted molar refractivity (Wildman–Crippen MR) is 102 cm³/mol. The molecule has 1 amide bonds. The standard InChI is InChI=1S/C20H20N6O/c1-14-4-2-8-22-19(14)25-18-12-15(6-9-21-18)17-5-3-11-26(17)20(27)16-7-10-23-24-13-16/h2,4,6-10,12-13,17H,3,5,11H2,1H3,(H,21,22,25)/t17-/m0/s1. The lowest BCUT2D eigenvalue weighted by Gasteiger charge is -2.25. The van der Waals surface area contributed by atoms with Crippen molar-refractivity contribution in [2.24, 2.45) is 0 Å². The number of pyridine rings is 2. The van der Waals surface area contributed by atoms with Crippen LogP contribution in [0, 0.1) is 6.92 Å². The zero-order valence-electron chi connectivity index (χ0n) is 15.0. The van der Waals surface area contributed by atoms with Crippen LogP contribution < -0.4 is 5.32 Å². The van der Waals surface area contributed by atoms with Crippen LogP contribution in [-0.4, -0.2) is 37.5 Å². The Hall–Kier alpha value is -3.35. The second-order valence-electron chi connectivity index (χ2n) is 6.56. The Bertz CT molecular complexity index is 946. The normalized spacial score (nSPS) is 16.3. The molecular formula is C20H20N6O. The monoisotopic (exact) mass is 360 g/mol. The van der Waals surface area contributed by atoms with Gasteiger partial charge in [-0.2, -0.15) is 10.2 Å². The SMILES string of the molecule is Cc1cccnc1Nc1cc([C@@H]2CCCN2C(=O)c2ccnnc2)ccn1. The molecule has 4 heterocycles. The van der Waals surface area contributed by atoms with E-state index in [1.54, 1.807) is 24.7 Å². The van der Waals surface area contributed by atoms with Crippen LogP contribution in [0.1, 0.15) is 40.4 Å². The van der Waals surface area contributed by atoms with E-state index >= 15 is 0 Å². The van der Waals surface area contributed by atoms with Gasteiger partial charge in [0.25, 0.3) is 5.91 Å². The van der Waals surface area contributed by atoms with Gasteiger partial charge in [0.05, 0.1) is 24.0 Å². The Balaban J connectivity index is 1.57. The summed E-state index contributed by atoms with van der Waals surface area (Å²) in [6, 6.07) is 9.60. The third-order valence-corrected chi connectivity index (χ3v) is 4.77. The average Bonchev–Trinajstić information content (AvgIpc) is 3.20. The largest absolute Gasteiger partial charge is 0.332 e. The van der Waals surface area contributed by atoms with E-state index in [4.69, 9.17) is 0 Å². The summed E-state index contributed by atoms with van der Waals surface area (Å²) >= 11 is 0. The van der Waals surface area contributed by atoms with E-state index in [2.05, 4.69) is 25.5 Å². The summed E-state index contributed by atoms with van der Waals surface area (Å²) in [5.41, 5.74) is 2.68. The highest BCUT2D eigenvalue weighted by Gasteiger charge is 2.31. The summed E-state index contributed by atoms with van der Waals surface area (Å²) in [6.07, 6.45) is 8.48. The Morgan fingerprint density at radius 2 is 2.07 bits per heavy atom. The van der Waals surface area contributed by atoms with Crippen molar-refractivity contribution in [3.05, 3.63) is 71.8 Å². The number of rotatable bonds is 4. The molecule has 27 heavy (non-hydrogen) atoms. The molecule has 0 aliphatic carbocycles. The molecule has 4 rings (SSSR count). The van der Waals surface area contributed by atoms with Crippen molar-refractivity contribution in [3.8, 4) is 0 Å². The highest BCUT2D eigenvalue weighted by molar-refractivity contribution is 5.94. The molecule has 0 saturated carbocycles. The first-order valence-electron chi connectivity index (χ1n) is 8.94. The van der Waals surface area contributed by atoms with E-state index in [0.29, 0.717) is 5.56 Å². The molecule has 3 aromatic heterocycles. The van der Waals surface area contributed by atoms with Gasteiger partial charge in [-0.05, 0) is 55.2 Å². The molecule has 7 heteroatoms. The molecule has 1 atom stereocenters. The van der Waals surface area contributed by atoms with Crippen molar-refractivity contribution in [2.45, 2.75) is 25.8 Å². The Kier molecular flexibility index (Phi) is 4.74. The molecule has 136 valence electrons. The van der Waals surface area contributed by atoms with Gasteiger partial charge in [0.15, 0.2) is 0 Å². The van der Waals surface area contributed by atoms with Gasteiger partial charge in [-0.3, -0.25) is 4.79 Å². The maximum Gasteiger partial charge on any atom is 0.256 e.